The van der Waals surface area contributed by atoms with E-state index in [0.29, 0.717) is 0 Å². The van der Waals surface area contributed by atoms with Gasteiger partial charge in [0.1, 0.15) is 0 Å². The van der Waals surface area contributed by atoms with E-state index in [2.05, 4.69) is 37.9 Å². The first-order valence-electron chi connectivity index (χ1n) is 9.13. The molecule has 1 N–H and O–H groups in total. The molecule has 118 valence electrons. The Morgan fingerprint density at radius 3 is 2.50 bits per heavy atom. The van der Waals surface area contributed by atoms with Crippen LogP contribution >= 0.6 is 0 Å². The molecule has 20 heavy (non-hydrogen) atoms. The molecule has 5 unspecified atom stereocenters. The van der Waals surface area contributed by atoms with Gasteiger partial charge in [-0.25, -0.2) is 0 Å². The number of piperidine rings is 1. The topological polar surface area (TPSA) is 15.3 Å². The summed E-state index contributed by atoms with van der Waals surface area (Å²) in [6.45, 7) is 13.4. The van der Waals surface area contributed by atoms with Crippen molar-refractivity contribution in [1.29, 1.82) is 0 Å². The summed E-state index contributed by atoms with van der Waals surface area (Å²) in [7, 11) is 0. The smallest absolute Gasteiger partial charge is 0.0252 e. The van der Waals surface area contributed by atoms with Crippen LogP contribution in [0.15, 0.2) is 0 Å². The van der Waals surface area contributed by atoms with Gasteiger partial charge in [-0.15, -0.1) is 0 Å². The van der Waals surface area contributed by atoms with Crippen molar-refractivity contribution in [2.45, 2.75) is 78.3 Å². The third kappa shape index (κ3) is 3.98. The van der Waals surface area contributed by atoms with Crippen molar-refractivity contribution >= 4 is 0 Å². The molecular formula is C18H36N2. The largest absolute Gasteiger partial charge is 0.312 e. The summed E-state index contributed by atoms with van der Waals surface area (Å²) >= 11 is 0. The van der Waals surface area contributed by atoms with Crippen molar-refractivity contribution in [3.8, 4) is 0 Å². The molecule has 1 aliphatic carbocycles. The van der Waals surface area contributed by atoms with Crippen LogP contribution in [0.25, 0.3) is 0 Å². The summed E-state index contributed by atoms with van der Waals surface area (Å²) in [5, 5.41) is 3.85. The molecule has 0 aromatic heterocycles. The molecule has 0 radical (unpaired) electrons. The molecule has 2 aliphatic rings. The normalized spacial score (nSPS) is 39.9. The van der Waals surface area contributed by atoms with E-state index >= 15 is 0 Å². The van der Waals surface area contributed by atoms with Gasteiger partial charge >= 0.3 is 0 Å². The van der Waals surface area contributed by atoms with Crippen molar-refractivity contribution in [3.63, 3.8) is 0 Å². The molecule has 2 heteroatoms. The van der Waals surface area contributed by atoms with E-state index in [9.17, 15) is 0 Å². The van der Waals surface area contributed by atoms with Gasteiger partial charge in [0.2, 0.25) is 0 Å². The maximum Gasteiger partial charge on any atom is 0.0252 e. The Kier molecular flexibility index (Phi) is 6.35. The Balaban J connectivity index is 1.98. The summed E-state index contributed by atoms with van der Waals surface area (Å²) in [6.07, 6.45) is 8.29. The lowest BCUT2D eigenvalue weighted by atomic mass is 9.78. The van der Waals surface area contributed by atoms with Crippen LogP contribution in [0.3, 0.4) is 0 Å². The first-order chi connectivity index (χ1) is 9.65. The Labute approximate surface area is 126 Å². The van der Waals surface area contributed by atoms with Crippen LogP contribution in [0.5, 0.6) is 0 Å². The predicted molar refractivity (Wildman–Crippen MR) is 88.0 cm³/mol. The minimum absolute atomic E-state index is 0.748. The van der Waals surface area contributed by atoms with Crippen LogP contribution in [0.2, 0.25) is 0 Å². The summed E-state index contributed by atoms with van der Waals surface area (Å²) in [5.41, 5.74) is 0. The Morgan fingerprint density at radius 2 is 1.85 bits per heavy atom. The van der Waals surface area contributed by atoms with Gasteiger partial charge in [0.15, 0.2) is 0 Å². The molecule has 1 saturated carbocycles. The maximum absolute atomic E-state index is 3.85. The molecule has 0 amide bonds. The van der Waals surface area contributed by atoms with Crippen LogP contribution in [-0.4, -0.2) is 36.6 Å². The lowest BCUT2D eigenvalue weighted by Gasteiger charge is -2.47. The number of rotatable bonds is 5. The van der Waals surface area contributed by atoms with E-state index in [1.54, 1.807) is 0 Å². The van der Waals surface area contributed by atoms with Crippen molar-refractivity contribution in [2.75, 3.05) is 19.6 Å². The molecule has 2 fully saturated rings. The SMILES string of the molecule is CCCNC1CCC(CC)CC1N1CCC(C)C(C)C1. The Morgan fingerprint density at radius 1 is 1.05 bits per heavy atom. The zero-order valence-corrected chi connectivity index (χ0v) is 14.2. The second kappa shape index (κ2) is 7.79. The van der Waals surface area contributed by atoms with E-state index in [1.165, 1.54) is 58.2 Å². The van der Waals surface area contributed by atoms with Crippen LogP contribution in [0.1, 0.15) is 66.2 Å². The van der Waals surface area contributed by atoms with E-state index in [1.807, 2.05) is 0 Å². The fourth-order valence-electron chi connectivity index (χ4n) is 4.17. The van der Waals surface area contributed by atoms with E-state index < -0.39 is 0 Å². The fraction of sp³-hybridized carbons (Fsp3) is 1.00. The van der Waals surface area contributed by atoms with Gasteiger partial charge in [0.05, 0.1) is 0 Å². The summed E-state index contributed by atoms with van der Waals surface area (Å²) in [4.78, 5) is 2.83. The van der Waals surface area contributed by atoms with E-state index in [0.717, 1.165) is 29.8 Å². The molecular weight excluding hydrogens is 244 g/mol. The van der Waals surface area contributed by atoms with Crippen LogP contribution in [-0.2, 0) is 0 Å². The highest BCUT2D eigenvalue weighted by Gasteiger charge is 2.36. The summed E-state index contributed by atoms with van der Waals surface area (Å²) in [5.74, 6) is 2.76. The average molecular weight is 280 g/mol. The highest BCUT2D eigenvalue weighted by atomic mass is 15.2. The molecule has 0 spiro atoms. The monoisotopic (exact) mass is 280 g/mol. The average Bonchev–Trinajstić information content (AvgIpc) is 2.48. The molecule has 2 rings (SSSR count). The van der Waals surface area contributed by atoms with E-state index in [-0.39, 0.29) is 0 Å². The molecule has 0 bridgehead atoms. The molecule has 1 saturated heterocycles. The van der Waals surface area contributed by atoms with Gasteiger partial charge in [-0.3, -0.25) is 4.90 Å². The number of hydrogen-bond acceptors (Lipinski definition) is 2. The minimum Gasteiger partial charge on any atom is -0.312 e. The van der Waals surface area contributed by atoms with Crippen molar-refractivity contribution in [1.82, 2.24) is 10.2 Å². The highest BCUT2D eigenvalue weighted by Crippen LogP contribution is 2.33. The van der Waals surface area contributed by atoms with Gasteiger partial charge in [-0.2, -0.15) is 0 Å². The number of nitrogens with one attached hydrogen (secondary N) is 1. The third-order valence-electron chi connectivity index (χ3n) is 5.99. The third-order valence-corrected chi connectivity index (χ3v) is 5.99. The lowest BCUT2D eigenvalue weighted by molar-refractivity contribution is 0.0431. The zero-order valence-electron chi connectivity index (χ0n) is 14.2. The standard InChI is InChI=1S/C18H36N2/c1-5-10-19-17-8-7-16(6-2)12-18(17)20-11-9-14(3)15(4)13-20/h14-19H,5-13H2,1-4H3. The highest BCUT2D eigenvalue weighted by molar-refractivity contribution is 4.93. The second-order valence-corrected chi connectivity index (χ2v) is 7.45. The Bertz CT molecular complexity index is 279. The first-order valence-corrected chi connectivity index (χ1v) is 9.13. The van der Waals surface area contributed by atoms with Gasteiger partial charge in [-0.05, 0) is 62.9 Å². The van der Waals surface area contributed by atoms with Gasteiger partial charge in [-0.1, -0.05) is 34.1 Å². The van der Waals surface area contributed by atoms with Crippen LogP contribution in [0.4, 0.5) is 0 Å². The fourth-order valence-corrected chi connectivity index (χ4v) is 4.17. The number of nitrogens with zero attached hydrogens (tertiary/aromatic N) is 1. The van der Waals surface area contributed by atoms with Crippen molar-refractivity contribution in [2.24, 2.45) is 17.8 Å². The number of hydrogen-bond donors (Lipinski definition) is 1. The van der Waals surface area contributed by atoms with Gasteiger partial charge in [0.25, 0.3) is 0 Å². The predicted octanol–water partition coefficient (Wildman–Crippen LogP) is 3.91. The lowest BCUT2D eigenvalue weighted by Crippen LogP contribution is -2.56. The molecule has 1 aliphatic heterocycles. The second-order valence-electron chi connectivity index (χ2n) is 7.45. The molecule has 5 atom stereocenters. The molecule has 2 nitrogen and oxygen atoms in total. The Hall–Kier alpha value is -0.0800. The van der Waals surface area contributed by atoms with E-state index in [4.69, 9.17) is 0 Å². The summed E-state index contributed by atoms with van der Waals surface area (Å²) < 4.78 is 0. The zero-order chi connectivity index (χ0) is 14.5. The first kappa shape index (κ1) is 16.3. The van der Waals surface area contributed by atoms with Gasteiger partial charge < -0.3 is 5.32 Å². The number of likely N-dealkylation sites (tertiary alicyclic amines) is 1. The minimum atomic E-state index is 0.748. The van der Waals surface area contributed by atoms with Gasteiger partial charge in [0, 0.05) is 18.6 Å². The van der Waals surface area contributed by atoms with Crippen LogP contribution < -0.4 is 5.32 Å². The van der Waals surface area contributed by atoms with Crippen LogP contribution in [0, 0.1) is 17.8 Å². The van der Waals surface area contributed by atoms with Crippen molar-refractivity contribution in [3.05, 3.63) is 0 Å². The molecule has 0 aromatic carbocycles. The van der Waals surface area contributed by atoms with Crippen molar-refractivity contribution < 1.29 is 0 Å². The molecule has 0 aromatic rings. The quantitative estimate of drug-likeness (QED) is 0.821. The molecule has 1 heterocycles. The summed E-state index contributed by atoms with van der Waals surface area (Å²) in [6, 6.07) is 1.55. The maximum atomic E-state index is 3.85.